The molecule has 110 valence electrons. The van der Waals surface area contributed by atoms with E-state index in [2.05, 4.69) is 5.43 Å². The van der Waals surface area contributed by atoms with Crippen LogP contribution in [0.5, 0.6) is 0 Å². The third-order valence-corrected chi connectivity index (χ3v) is 4.36. The summed E-state index contributed by atoms with van der Waals surface area (Å²) in [5, 5.41) is 0. The van der Waals surface area contributed by atoms with E-state index in [9.17, 15) is 13.2 Å². The first kappa shape index (κ1) is 13.9. The molecule has 3 nitrogen and oxygen atoms in total. The van der Waals surface area contributed by atoms with Gasteiger partial charge in [-0.2, -0.15) is 13.2 Å². The van der Waals surface area contributed by atoms with Gasteiger partial charge < -0.3 is 4.74 Å². The topological polar surface area (TPSA) is 47.3 Å². The van der Waals surface area contributed by atoms with Crippen molar-refractivity contribution in [2.24, 2.45) is 11.8 Å². The van der Waals surface area contributed by atoms with Crippen molar-refractivity contribution in [3.63, 3.8) is 0 Å². The van der Waals surface area contributed by atoms with Crippen LogP contribution in [-0.2, 0) is 10.9 Å². The Morgan fingerprint density at radius 3 is 2.35 bits per heavy atom. The van der Waals surface area contributed by atoms with Gasteiger partial charge in [-0.05, 0) is 37.0 Å². The minimum atomic E-state index is -4.31. The number of benzene rings is 1. The zero-order valence-electron chi connectivity index (χ0n) is 10.9. The molecule has 0 saturated carbocycles. The van der Waals surface area contributed by atoms with E-state index in [1.165, 1.54) is 12.1 Å². The van der Waals surface area contributed by atoms with Crippen molar-refractivity contribution < 1.29 is 17.9 Å². The molecule has 2 heterocycles. The quantitative estimate of drug-likeness (QED) is 0.663. The highest BCUT2D eigenvalue weighted by molar-refractivity contribution is 5.27. The van der Waals surface area contributed by atoms with Gasteiger partial charge in [0.25, 0.3) is 0 Å². The van der Waals surface area contributed by atoms with Gasteiger partial charge in [0, 0.05) is 5.92 Å². The Labute approximate surface area is 115 Å². The number of alkyl halides is 3. The fourth-order valence-corrected chi connectivity index (χ4v) is 3.37. The largest absolute Gasteiger partial charge is 0.416 e. The molecule has 0 spiro atoms. The van der Waals surface area contributed by atoms with Gasteiger partial charge >= 0.3 is 6.18 Å². The van der Waals surface area contributed by atoms with E-state index in [0.29, 0.717) is 0 Å². The second-order valence-electron chi connectivity index (χ2n) is 5.54. The molecule has 2 bridgehead atoms. The zero-order chi connectivity index (χ0) is 14.3. The minimum absolute atomic E-state index is 0.160. The summed E-state index contributed by atoms with van der Waals surface area (Å²) in [7, 11) is 0. The Bertz CT molecular complexity index is 474. The van der Waals surface area contributed by atoms with Gasteiger partial charge in [-0.3, -0.25) is 11.3 Å². The van der Waals surface area contributed by atoms with Crippen LogP contribution in [0, 0.1) is 5.92 Å². The molecule has 20 heavy (non-hydrogen) atoms. The lowest BCUT2D eigenvalue weighted by Gasteiger charge is -2.28. The highest BCUT2D eigenvalue weighted by Crippen LogP contribution is 2.44. The summed E-state index contributed by atoms with van der Waals surface area (Å²) in [5.74, 6) is 5.84. The van der Waals surface area contributed by atoms with Gasteiger partial charge in [-0.15, -0.1) is 0 Å². The molecule has 3 rings (SSSR count). The van der Waals surface area contributed by atoms with Crippen LogP contribution in [0.25, 0.3) is 0 Å². The Hall–Kier alpha value is -1.11. The molecule has 6 heteroatoms. The van der Waals surface area contributed by atoms with Gasteiger partial charge in [0.15, 0.2) is 0 Å². The number of hydrazine groups is 1. The molecule has 2 saturated heterocycles. The Morgan fingerprint density at radius 1 is 1.20 bits per heavy atom. The lowest BCUT2D eigenvalue weighted by atomic mass is 9.81. The first-order chi connectivity index (χ1) is 9.49. The van der Waals surface area contributed by atoms with E-state index in [1.54, 1.807) is 0 Å². The molecule has 2 aliphatic heterocycles. The van der Waals surface area contributed by atoms with Crippen LogP contribution in [0.15, 0.2) is 24.3 Å². The molecule has 4 atom stereocenters. The van der Waals surface area contributed by atoms with Gasteiger partial charge in [0.05, 0.1) is 23.8 Å². The highest BCUT2D eigenvalue weighted by atomic mass is 19.4. The number of fused-ring (bicyclic) bond motifs is 2. The first-order valence-corrected chi connectivity index (χ1v) is 6.78. The number of nitrogens with two attached hydrogens (primary N) is 1. The molecule has 0 radical (unpaired) electrons. The van der Waals surface area contributed by atoms with Gasteiger partial charge in [0.1, 0.15) is 0 Å². The summed E-state index contributed by atoms with van der Waals surface area (Å²) in [6, 6.07) is 5.05. The van der Waals surface area contributed by atoms with Crippen molar-refractivity contribution in [1.29, 1.82) is 0 Å². The van der Waals surface area contributed by atoms with Crippen LogP contribution in [0.3, 0.4) is 0 Å². The number of halogens is 3. The van der Waals surface area contributed by atoms with Crippen LogP contribution in [-0.4, -0.2) is 12.2 Å². The molecular formula is C14H17F3N2O. The van der Waals surface area contributed by atoms with Crippen LogP contribution < -0.4 is 11.3 Å². The first-order valence-electron chi connectivity index (χ1n) is 6.78. The van der Waals surface area contributed by atoms with Gasteiger partial charge in [-0.25, -0.2) is 0 Å². The maximum atomic E-state index is 12.6. The average Bonchev–Trinajstić information content (AvgIpc) is 3.02. The second-order valence-corrected chi connectivity index (χ2v) is 5.54. The summed E-state index contributed by atoms with van der Waals surface area (Å²) >= 11 is 0. The molecule has 1 aromatic carbocycles. The maximum absolute atomic E-state index is 12.6. The Kier molecular flexibility index (Phi) is 3.48. The molecule has 0 aliphatic carbocycles. The molecule has 1 aromatic rings. The second kappa shape index (κ2) is 5.02. The average molecular weight is 286 g/mol. The highest BCUT2D eigenvalue weighted by Gasteiger charge is 2.44. The SMILES string of the molecule is NNC(c1ccc(C(F)(F)F)cc1)C1CC2CCC1O2. The number of rotatable bonds is 3. The Balaban J connectivity index is 1.79. The van der Waals surface area contributed by atoms with E-state index < -0.39 is 11.7 Å². The standard InChI is InChI=1S/C14H17F3N2O/c15-14(16,17)9-3-1-8(2-4-9)13(19-18)11-7-10-5-6-12(11)20-10/h1-4,10-13,19H,5-7,18H2. The summed E-state index contributed by atoms with van der Waals surface area (Å²) in [6.07, 6.45) is -0.849. The fourth-order valence-electron chi connectivity index (χ4n) is 3.37. The molecule has 4 unspecified atom stereocenters. The predicted octanol–water partition coefficient (Wildman–Crippen LogP) is 2.78. The minimum Gasteiger partial charge on any atom is -0.375 e. The number of hydrogen-bond donors (Lipinski definition) is 2. The molecule has 2 fully saturated rings. The van der Waals surface area contributed by atoms with Crippen molar-refractivity contribution in [3.8, 4) is 0 Å². The third kappa shape index (κ3) is 2.43. The summed E-state index contributed by atoms with van der Waals surface area (Å²) in [6.45, 7) is 0. The molecule has 0 aromatic heterocycles. The van der Waals surface area contributed by atoms with Crippen molar-refractivity contribution in [2.45, 2.75) is 43.7 Å². The zero-order valence-corrected chi connectivity index (χ0v) is 10.9. The molecule has 3 N–H and O–H groups in total. The normalized spacial score (nSPS) is 30.7. The lowest BCUT2D eigenvalue weighted by Crippen LogP contribution is -2.37. The monoisotopic (exact) mass is 286 g/mol. The van der Waals surface area contributed by atoms with Crippen molar-refractivity contribution in [1.82, 2.24) is 5.43 Å². The van der Waals surface area contributed by atoms with E-state index >= 15 is 0 Å². The smallest absolute Gasteiger partial charge is 0.375 e. The molecule has 2 aliphatic rings. The van der Waals surface area contributed by atoms with Crippen molar-refractivity contribution >= 4 is 0 Å². The van der Waals surface area contributed by atoms with E-state index in [-0.39, 0.29) is 24.2 Å². The van der Waals surface area contributed by atoms with Crippen molar-refractivity contribution in [3.05, 3.63) is 35.4 Å². The van der Waals surface area contributed by atoms with Crippen LogP contribution in [0.4, 0.5) is 13.2 Å². The van der Waals surface area contributed by atoms with Gasteiger partial charge in [0.2, 0.25) is 0 Å². The van der Waals surface area contributed by atoms with Crippen LogP contribution in [0.2, 0.25) is 0 Å². The molecular weight excluding hydrogens is 269 g/mol. The number of nitrogens with one attached hydrogen (secondary N) is 1. The molecule has 0 amide bonds. The lowest BCUT2D eigenvalue weighted by molar-refractivity contribution is -0.137. The maximum Gasteiger partial charge on any atom is 0.416 e. The van der Waals surface area contributed by atoms with E-state index in [0.717, 1.165) is 37.0 Å². The Morgan fingerprint density at radius 2 is 1.90 bits per heavy atom. The van der Waals surface area contributed by atoms with Crippen molar-refractivity contribution in [2.75, 3.05) is 0 Å². The summed E-state index contributed by atoms with van der Waals surface area (Å²) < 4.78 is 43.5. The van der Waals surface area contributed by atoms with E-state index in [1.807, 2.05) is 0 Å². The summed E-state index contributed by atoms with van der Waals surface area (Å²) in [5.41, 5.74) is 2.88. The van der Waals surface area contributed by atoms with Gasteiger partial charge in [-0.1, -0.05) is 12.1 Å². The summed E-state index contributed by atoms with van der Waals surface area (Å²) in [4.78, 5) is 0. The van der Waals surface area contributed by atoms with E-state index in [4.69, 9.17) is 10.6 Å². The number of ether oxygens (including phenoxy) is 1. The van der Waals surface area contributed by atoms with Crippen LogP contribution in [0.1, 0.15) is 36.4 Å². The predicted molar refractivity (Wildman–Crippen MR) is 67.5 cm³/mol. The number of hydrogen-bond acceptors (Lipinski definition) is 3. The third-order valence-electron chi connectivity index (χ3n) is 4.36. The fraction of sp³-hybridized carbons (Fsp3) is 0.571. The van der Waals surface area contributed by atoms with Crippen LogP contribution >= 0.6 is 0 Å².